The van der Waals surface area contributed by atoms with E-state index in [1.807, 2.05) is 19.1 Å². The number of hydrogen-bond donors (Lipinski definition) is 1. The maximum Gasteiger partial charge on any atom is 0.270 e. The van der Waals surface area contributed by atoms with Crippen molar-refractivity contribution in [2.24, 2.45) is 0 Å². The number of thiophene rings is 1. The summed E-state index contributed by atoms with van der Waals surface area (Å²) in [7, 11) is 0. The second kappa shape index (κ2) is 6.62. The summed E-state index contributed by atoms with van der Waals surface area (Å²) in [6.45, 7) is 2.47. The van der Waals surface area contributed by atoms with E-state index in [0.717, 1.165) is 17.4 Å². The highest BCUT2D eigenvalue weighted by Crippen LogP contribution is 2.31. The molecule has 0 amide bonds. The Morgan fingerprint density at radius 1 is 1.29 bits per heavy atom. The lowest BCUT2D eigenvalue weighted by Crippen LogP contribution is -2.02. The summed E-state index contributed by atoms with van der Waals surface area (Å²) < 4.78 is 26.0. The van der Waals surface area contributed by atoms with Gasteiger partial charge in [-0.2, -0.15) is 0 Å². The van der Waals surface area contributed by atoms with Crippen molar-refractivity contribution in [1.82, 2.24) is 0 Å². The fraction of sp³-hybridized carbons (Fsp3) is 0.286. The SMILES string of the molecule is CCc1ccc(CNc2ccc([N+](=O)[O-])cc2C(F)F)s1. The molecule has 0 saturated carbocycles. The van der Waals surface area contributed by atoms with Crippen molar-refractivity contribution in [3.8, 4) is 0 Å². The van der Waals surface area contributed by atoms with Crippen LogP contribution in [0.25, 0.3) is 0 Å². The third kappa shape index (κ3) is 3.75. The summed E-state index contributed by atoms with van der Waals surface area (Å²) in [6, 6.07) is 7.42. The largest absolute Gasteiger partial charge is 0.380 e. The van der Waals surface area contributed by atoms with Gasteiger partial charge in [-0.3, -0.25) is 10.1 Å². The van der Waals surface area contributed by atoms with Gasteiger partial charge in [0.15, 0.2) is 0 Å². The van der Waals surface area contributed by atoms with Crippen LogP contribution in [0.5, 0.6) is 0 Å². The second-order valence-corrected chi connectivity index (χ2v) is 5.66. The van der Waals surface area contributed by atoms with Crippen LogP contribution in [0.1, 0.15) is 28.7 Å². The molecular formula is C14H14F2N2O2S. The topological polar surface area (TPSA) is 55.2 Å². The van der Waals surface area contributed by atoms with Crippen LogP contribution >= 0.6 is 11.3 Å². The molecule has 4 nitrogen and oxygen atoms in total. The van der Waals surface area contributed by atoms with Gasteiger partial charge in [0.05, 0.1) is 4.92 Å². The minimum Gasteiger partial charge on any atom is -0.380 e. The predicted octanol–water partition coefficient (Wildman–Crippen LogP) is 4.77. The van der Waals surface area contributed by atoms with Crippen molar-refractivity contribution in [2.45, 2.75) is 26.3 Å². The van der Waals surface area contributed by atoms with E-state index in [1.54, 1.807) is 11.3 Å². The van der Waals surface area contributed by atoms with Crippen molar-refractivity contribution in [1.29, 1.82) is 0 Å². The summed E-state index contributed by atoms with van der Waals surface area (Å²) >= 11 is 1.62. The summed E-state index contributed by atoms with van der Waals surface area (Å²) in [5.41, 5.74) is -0.459. The monoisotopic (exact) mass is 312 g/mol. The van der Waals surface area contributed by atoms with E-state index < -0.39 is 11.3 Å². The van der Waals surface area contributed by atoms with Gasteiger partial charge in [-0.25, -0.2) is 8.78 Å². The summed E-state index contributed by atoms with van der Waals surface area (Å²) in [5, 5.41) is 13.6. The van der Waals surface area contributed by atoms with E-state index in [2.05, 4.69) is 5.32 Å². The van der Waals surface area contributed by atoms with Gasteiger partial charge in [0.2, 0.25) is 0 Å². The molecule has 0 aliphatic carbocycles. The van der Waals surface area contributed by atoms with E-state index in [-0.39, 0.29) is 16.9 Å². The Balaban J connectivity index is 2.17. The maximum absolute atomic E-state index is 13.0. The van der Waals surface area contributed by atoms with Crippen LogP contribution in [0.15, 0.2) is 30.3 Å². The van der Waals surface area contributed by atoms with Crippen LogP contribution in [-0.2, 0) is 13.0 Å². The molecule has 1 aromatic heterocycles. The Hall–Kier alpha value is -2.02. The van der Waals surface area contributed by atoms with Gasteiger partial charge in [-0.15, -0.1) is 11.3 Å². The van der Waals surface area contributed by atoms with Gasteiger partial charge in [-0.1, -0.05) is 6.92 Å². The van der Waals surface area contributed by atoms with Crippen LogP contribution in [0.3, 0.4) is 0 Å². The lowest BCUT2D eigenvalue weighted by Gasteiger charge is -2.10. The minimum atomic E-state index is -2.76. The van der Waals surface area contributed by atoms with Gasteiger partial charge >= 0.3 is 0 Å². The van der Waals surface area contributed by atoms with Crippen molar-refractivity contribution >= 4 is 22.7 Å². The summed E-state index contributed by atoms with van der Waals surface area (Å²) in [4.78, 5) is 12.2. The lowest BCUT2D eigenvalue weighted by atomic mass is 10.1. The highest BCUT2D eigenvalue weighted by Gasteiger charge is 2.17. The van der Waals surface area contributed by atoms with Crippen LogP contribution < -0.4 is 5.32 Å². The molecule has 1 aromatic carbocycles. The van der Waals surface area contributed by atoms with Gasteiger partial charge in [0.25, 0.3) is 12.1 Å². The molecular weight excluding hydrogens is 298 g/mol. The number of aryl methyl sites for hydroxylation is 1. The maximum atomic E-state index is 13.0. The highest BCUT2D eigenvalue weighted by atomic mass is 32.1. The molecule has 0 fully saturated rings. The van der Waals surface area contributed by atoms with E-state index in [0.29, 0.717) is 6.54 Å². The molecule has 0 saturated heterocycles. The third-order valence-electron chi connectivity index (χ3n) is 3.00. The van der Waals surface area contributed by atoms with Crippen molar-refractivity contribution in [2.75, 3.05) is 5.32 Å². The van der Waals surface area contributed by atoms with Crippen LogP contribution in [0.4, 0.5) is 20.2 Å². The normalized spacial score (nSPS) is 10.9. The Bertz CT molecular complexity index is 644. The number of nitro benzene ring substituents is 1. The molecule has 0 radical (unpaired) electrons. The molecule has 0 unspecified atom stereocenters. The van der Waals surface area contributed by atoms with Gasteiger partial charge in [0, 0.05) is 39.7 Å². The molecule has 1 heterocycles. The molecule has 7 heteroatoms. The molecule has 0 aliphatic rings. The zero-order valence-corrected chi connectivity index (χ0v) is 12.1. The van der Waals surface area contributed by atoms with E-state index in [9.17, 15) is 18.9 Å². The molecule has 1 N–H and O–H groups in total. The molecule has 2 aromatic rings. The highest BCUT2D eigenvalue weighted by molar-refractivity contribution is 7.12. The molecule has 21 heavy (non-hydrogen) atoms. The molecule has 0 spiro atoms. The van der Waals surface area contributed by atoms with Gasteiger partial charge in [0.1, 0.15) is 0 Å². The molecule has 0 bridgehead atoms. The molecule has 112 valence electrons. The smallest absolute Gasteiger partial charge is 0.270 e. The minimum absolute atomic E-state index is 0.224. The molecule has 0 aliphatic heterocycles. The number of halogens is 2. The van der Waals surface area contributed by atoms with Crippen LogP contribution in [-0.4, -0.2) is 4.92 Å². The standard InChI is InChI=1S/C14H14F2N2O2S/c1-2-10-4-5-11(21-10)8-17-13-6-3-9(18(19)20)7-12(13)14(15)16/h3-7,14,17H,2,8H2,1H3. The number of nitro groups is 1. The average molecular weight is 312 g/mol. The van der Waals surface area contributed by atoms with Crippen molar-refractivity contribution < 1.29 is 13.7 Å². The number of non-ortho nitro benzene ring substituents is 1. The number of benzene rings is 1. The first-order valence-corrected chi connectivity index (χ1v) is 7.21. The van der Waals surface area contributed by atoms with Crippen molar-refractivity contribution in [3.05, 3.63) is 55.8 Å². The summed E-state index contributed by atoms with van der Waals surface area (Å²) in [6.07, 6.45) is -1.83. The third-order valence-corrected chi connectivity index (χ3v) is 4.23. The number of nitrogens with zero attached hydrogens (tertiary/aromatic N) is 1. The van der Waals surface area contributed by atoms with E-state index >= 15 is 0 Å². The van der Waals surface area contributed by atoms with E-state index in [4.69, 9.17) is 0 Å². The van der Waals surface area contributed by atoms with Gasteiger partial charge in [-0.05, 0) is 24.6 Å². The fourth-order valence-corrected chi connectivity index (χ4v) is 2.79. The number of alkyl halides is 2. The van der Waals surface area contributed by atoms with E-state index in [1.165, 1.54) is 17.0 Å². The Kier molecular flexibility index (Phi) is 4.85. The Labute approximate surface area is 124 Å². The molecule has 2 rings (SSSR count). The van der Waals surface area contributed by atoms with Crippen LogP contribution in [0, 0.1) is 10.1 Å². The Morgan fingerprint density at radius 3 is 2.57 bits per heavy atom. The first-order valence-electron chi connectivity index (χ1n) is 6.39. The second-order valence-electron chi connectivity index (χ2n) is 4.40. The molecule has 0 atom stereocenters. The number of anilines is 1. The zero-order valence-electron chi connectivity index (χ0n) is 11.3. The number of hydrogen-bond acceptors (Lipinski definition) is 4. The average Bonchev–Trinajstić information content (AvgIpc) is 2.92. The van der Waals surface area contributed by atoms with Gasteiger partial charge < -0.3 is 5.32 Å². The number of nitrogens with one attached hydrogen (secondary N) is 1. The predicted molar refractivity (Wildman–Crippen MR) is 79.1 cm³/mol. The van der Waals surface area contributed by atoms with Crippen molar-refractivity contribution in [3.63, 3.8) is 0 Å². The van der Waals surface area contributed by atoms with Crippen LogP contribution in [0.2, 0.25) is 0 Å². The first kappa shape index (κ1) is 15.4. The first-order chi connectivity index (χ1) is 10.0. The zero-order chi connectivity index (χ0) is 15.4. The quantitative estimate of drug-likeness (QED) is 0.617. The fourth-order valence-electron chi connectivity index (χ4n) is 1.89. The number of rotatable bonds is 6. The lowest BCUT2D eigenvalue weighted by molar-refractivity contribution is -0.385. The summed E-state index contributed by atoms with van der Waals surface area (Å²) in [5.74, 6) is 0. The Morgan fingerprint density at radius 2 is 2.00 bits per heavy atom.